The van der Waals surface area contributed by atoms with Gasteiger partial charge < -0.3 is 19.9 Å². The van der Waals surface area contributed by atoms with Gasteiger partial charge in [0.1, 0.15) is 41.5 Å². The maximum absolute atomic E-state index is 15.0. The van der Waals surface area contributed by atoms with Gasteiger partial charge in [-0.2, -0.15) is 4.57 Å². The van der Waals surface area contributed by atoms with Crippen molar-refractivity contribution in [1.29, 1.82) is 0 Å². The topological polar surface area (TPSA) is 148 Å². The quantitative estimate of drug-likeness (QED) is 0.239. The highest BCUT2D eigenvalue weighted by Crippen LogP contribution is 2.39. The summed E-state index contributed by atoms with van der Waals surface area (Å²) in [7, 11) is 1.45. The van der Waals surface area contributed by atoms with Crippen molar-refractivity contribution in [2.24, 2.45) is 0 Å². The molecular formula is C31H36F3N8O5+. The standard InChI is InChI=1S/C31H35F3N8O5/c1-19(26-25(34)14-35-16-38-26)31(45,23-10-9-22(32)12-24(23)33)15-42-18-41(17-39-42)20(2)46-29(44)40(6)27-21(8-7-11-36-27)13-37-28(43)47-30(3,4)5/h7-12,14,16-20,45H,13,15H2,1-6H3/p+1/t19-,20?,31+/m0/s1. The van der Waals surface area contributed by atoms with Gasteiger partial charge in [-0.25, -0.2) is 37.7 Å². The van der Waals surface area contributed by atoms with Crippen molar-refractivity contribution < 1.29 is 41.9 Å². The van der Waals surface area contributed by atoms with Gasteiger partial charge in [-0.1, -0.05) is 19.1 Å². The maximum Gasteiger partial charge on any atom is 0.418 e. The molecule has 2 amide bonds. The molecule has 0 saturated carbocycles. The van der Waals surface area contributed by atoms with Crippen molar-refractivity contribution in [3.63, 3.8) is 0 Å². The van der Waals surface area contributed by atoms with Crippen molar-refractivity contribution >= 4 is 18.0 Å². The van der Waals surface area contributed by atoms with E-state index in [4.69, 9.17) is 9.47 Å². The number of aromatic nitrogens is 6. The number of amides is 2. The number of anilines is 1. The fourth-order valence-electron chi connectivity index (χ4n) is 4.74. The summed E-state index contributed by atoms with van der Waals surface area (Å²) in [5.74, 6) is -3.64. The van der Waals surface area contributed by atoms with Gasteiger partial charge in [0.15, 0.2) is 5.82 Å². The third kappa shape index (κ3) is 8.38. The first kappa shape index (κ1) is 34.7. The first-order valence-corrected chi connectivity index (χ1v) is 14.5. The minimum atomic E-state index is -2.17. The summed E-state index contributed by atoms with van der Waals surface area (Å²) >= 11 is 0. The second-order valence-electron chi connectivity index (χ2n) is 11.8. The number of benzene rings is 1. The third-order valence-corrected chi connectivity index (χ3v) is 7.20. The summed E-state index contributed by atoms with van der Waals surface area (Å²) in [5, 5.41) is 18.8. The monoisotopic (exact) mass is 657 g/mol. The molecule has 0 bridgehead atoms. The third-order valence-electron chi connectivity index (χ3n) is 7.20. The molecule has 3 heterocycles. The number of carbonyl (C=O) groups is 2. The van der Waals surface area contributed by atoms with Gasteiger partial charge in [-0.15, -0.1) is 4.68 Å². The van der Waals surface area contributed by atoms with Crippen LogP contribution in [0.25, 0.3) is 0 Å². The Balaban J connectivity index is 1.51. The van der Waals surface area contributed by atoms with Gasteiger partial charge in [-0.05, 0) is 32.9 Å². The Hall–Kier alpha value is -5.12. The van der Waals surface area contributed by atoms with Crippen LogP contribution in [-0.2, 0) is 28.2 Å². The van der Waals surface area contributed by atoms with Crippen LogP contribution in [0.15, 0.2) is 61.7 Å². The zero-order valence-corrected chi connectivity index (χ0v) is 26.7. The average Bonchev–Trinajstić information content (AvgIpc) is 3.47. The van der Waals surface area contributed by atoms with Crippen LogP contribution in [-0.4, -0.2) is 54.7 Å². The number of nitrogens with zero attached hydrogens (tertiary/aromatic N) is 7. The molecule has 47 heavy (non-hydrogen) atoms. The molecule has 1 unspecified atom stereocenters. The summed E-state index contributed by atoms with van der Waals surface area (Å²) < 4.78 is 57.0. The van der Waals surface area contributed by atoms with Crippen LogP contribution < -0.4 is 14.8 Å². The zero-order chi connectivity index (χ0) is 34.5. The van der Waals surface area contributed by atoms with Gasteiger partial charge in [0.05, 0.1) is 11.9 Å². The Kier molecular flexibility index (Phi) is 10.4. The Bertz CT molecular complexity index is 1730. The first-order chi connectivity index (χ1) is 22.1. The fraction of sp³-hybridized carbons (Fsp3) is 0.387. The summed E-state index contributed by atoms with van der Waals surface area (Å²) in [6, 6.07) is 6.01. The SMILES string of the molecule is CC(OC(=O)N(C)c1ncccc1CNC(=O)OC(C)(C)C)[n+]1cnn(C[C@](O)(c2ccc(F)cc2F)[C@@H](C)c2ncncc2F)c1. The minimum Gasteiger partial charge on any atom is -0.444 e. The van der Waals surface area contributed by atoms with E-state index in [2.05, 4.69) is 25.4 Å². The second kappa shape index (κ2) is 14.1. The molecule has 13 nitrogen and oxygen atoms in total. The van der Waals surface area contributed by atoms with Gasteiger partial charge >= 0.3 is 12.2 Å². The molecule has 3 aromatic heterocycles. The maximum atomic E-state index is 15.0. The molecule has 0 radical (unpaired) electrons. The van der Waals surface area contributed by atoms with Gasteiger partial charge in [0.2, 0.25) is 12.6 Å². The molecule has 0 aliphatic rings. The molecule has 4 aromatic rings. The Labute approximate surface area is 269 Å². The number of pyridine rings is 1. The van der Waals surface area contributed by atoms with Crippen LogP contribution in [0.4, 0.5) is 28.6 Å². The lowest BCUT2D eigenvalue weighted by atomic mass is 9.79. The molecule has 2 N–H and O–H groups in total. The molecule has 3 atom stereocenters. The van der Waals surface area contributed by atoms with Crippen molar-refractivity contribution in [2.75, 3.05) is 11.9 Å². The van der Waals surface area contributed by atoms with E-state index in [1.165, 1.54) is 47.0 Å². The minimum absolute atomic E-state index is 0.0294. The number of hydrogen-bond acceptors (Lipinski definition) is 9. The van der Waals surface area contributed by atoms with E-state index >= 15 is 4.39 Å². The molecule has 0 saturated heterocycles. The van der Waals surface area contributed by atoms with E-state index in [-0.39, 0.29) is 23.6 Å². The fourth-order valence-corrected chi connectivity index (χ4v) is 4.74. The summed E-state index contributed by atoms with van der Waals surface area (Å²) in [6.07, 6.45) is 3.85. The van der Waals surface area contributed by atoms with E-state index in [0.29, 0.717) is 11.6 Å². The van der Waals surface area contributed by atoms with Gasteiger partial charge in [-0.3, -0.25) is 4.90 Å². The number of hydrogen-bond donors (Lipinski definition) is 2. The van der Waals surface area contributed by atoms with E-state index < -0.39 is 59.5 Å². The average molecular weight is 658 g/mol. The normalized spacial score (nSPS) is 14.1. The van der Waals surface area contributed by atoms with Crippen molar-refractivity contribution in [2.45, 2.75) is 71.1 Å². The zero-order valence-electron chi connectivity index (χ0n) is 26.7. The predicted molar refractivity (Wildman–Crippen MR) is 160 cm³/mol. The lowest BCUT2D eigenvalue weighted by molar-refractivity contribution is -0.753. The number of nitrogens with one attached hydrogen (secondary N) is 1. The van der Waals surface area contributed by atoms with Crippen LogP contribution in [0.3, 0.4) is 0 Å². The van der Waals surface area contributed by atoms with Gasteiger partial charge in [0, 0.05) is 54.9 Å². The second-order valence-corrected chi connectivity index (χ2v) is 11.8. The highest BCUT2D eigenvalue weighted by Gasteiger charge is 2.43. The van der Waals surface area contributed by atoms with Crippen molar-refractivity contribution in [3.05, 3.63) is 96.0 Å². The molecule has 4 rings (SSSR count). The van der Waals surface area contributed by atoms with Crippen LogP contribution in [0.1, 0.15) is 63.6 Å². The predicted octanol–water partition coefficient (Wildman–Crippen LogP) is 4.28. The molecule has 1 aromatic carbocycles. The molecule has 0 spiro atoms. The van der Waals surface area contributed by atoms with Crippen LogP contribution in [0.5, 0.6) is 0 Å². The van der Waals surface area contributed by atoms with Crippen LogP contribution in [0.2, 0.25) is 0 Å². The Morgan fingerprint density at radius 1 is 1.13 bits per heavy atom. The largest absolute Gasteiger partial charge is 0.444 e. The molecule has 0 aliphatic carbocycles. The number of alkyl carbamates (subject to hydrolysis) is 1. The Morgan fingerprint density at radius 2 is 1.87 bits per heavy atom. The first-order valence-electron chi connectivity index (χ1n) is 14.5. The smallest absolute Gasteiger partial charge is 0.418 e. The lowest BCUT2D eigenvalue weighted by Gasteiger charge is -2.32. The summed E-state index contributed by atoms with van der Waals surface area (Å²) in [6.45, 7) is 7.83. The number of rotatable bonds is 10. The molecule has 0 aliphatic heterocycles. The summed E-state index contributed by atoms with van der Waals surface area (Å²) in [5.41, 5.74) is -2.83. The molecule has 250 valence electrons. The molecular weight excluding hydrogens is 621 g/mol. The summed E-state index contributed by atoms with van der Waals surface area (Å²) in [4.78, 5) is 38.2. The number of ether oxygens (including phenoxy) is 2. The molecule has 0 fully saturated rings. The highest BCUT2D eigenvalue weighted by atomic mass is 19.1. The number of halogens is 3. The molecule has 16 heteroatoms. The van der Waals surface area contributed by atoms with E-state index in [9.17, 15) is 23.5 Å². The number of aliphatic hydroxyl groups is 1. The van der Waals surface area contributed by atoms with Crippen molar-refractivity contribution in [1.82, 2.24) is 30.0 Å². The van der Waals surface area contributed by atoms with Crippen LogP contribution >= 0.6 is 0 Å². The van der Waals surface area contributed by atoms with Crippen LogP contribution in [0, 0.1) is 17.5 Å². The van der Waals surface area contributed by atoms with Crippen molar-refractivity contribution in [3.8, 4) is 0 Å². The van der Waals surface area contributed by atoms with E-state index in [1.54, 1.807) is 39.8 Å². The Morgan fingerprint density at radius 3 is 2.55 bits per heavy atom. The lowest BCUT2D eigenvalue weighted by Crippen LogP contribution is -2.42. The number of carbonyl (C=O) groups excluding carboxylic acids is 2. The van der Waals surface area contributed by atoms with Gasteiger partial charge in [0.25, 0.3) is 6.33 Å². The highest BCUT2D eigenvalue weighted by molar-refractivity contribution is 5.86. The van der Waals surface area contributed by atoms with E-state index in [1.807, 2.05) is 0 Å². The van der Waals surface area contributed by atoms with E-state index in [0.717, 1.165) is 24.7 Å².